The molecule has 2 aromatic rings. The van der Waals surface area contributed by atoms with Gasteiger partial charge in [0.05, 0.1) is 31.2 Å². The maximum absolute atomic E-state index is 12.9. The van der Waals surface area contributed by atoms with E-state index < -0.39 is 17.7 Å². The van der Waals surface area contributed by atoms with E-state index in [0.29, 0.717) is 29.6 Å². The molecule has 0 saturated carbocycles. The topological polar surface area (TPSA) is 89.2 Å². The molecule has 1 aromatic carbocycles. The highest BCUT2D eigenvalue weighted by atomic mass is 16.5. The first-order chi connectivity index (χ1) is 15.2. The molecule has 1 N–H and O–H groups in total. The molecule has 1 aliphatic heterocycles. The number of aryl methyl sites for hydroxylation is 1. The SMILES string of the molecule is Cc1cc(/C(O)=C2/C(=O)C(=O)N(CCOC(C)C)C2c2ccco2)ccc1OCC(C)C. The van der Waals surface area contributed by atoms with Crippen LogP contribution in [0.4, 0.5) is 0 Å². The largest absolute Gasteiger partial charge is 0.507 e. The number of furan rings is 1. The number of rotatable bonds is 9. The summed E-state index contributed by atoms with van der Waals surface area (Å²) in [6.45, 7) is 10.8. The molecular formula is C25H31NO6. The summed E-state index contributed by atoms with van der Waals surface area (Å²) in [5.41, 5.74) is 1.26. The molecule has 1 saturated heterocycles. The van der Waals surface area contributed by atoms with Crippen LogP contribution in [0, 0.1) is 12.8 Å². The number of hydrogen-bond acceptors (Lipinski definition) is 6. The van der Waals surface area contributed by atoms with Gasteiger partial charge in [-0.05, 0) is 62.6 Å². The minimum atomic E-state index is -0.821. The number of ether oxygens (including phenoxy) is 2. The predicted molar refractivity (Wildman–Crippen MR) is 120 cm³/mol. The molecule has 2 heterocycles. The normalized spacial score (nSPS) is 18.2. The van der Waals surface area contributed by atoms with Crippen molar-refractivity contribution in [3.8, 4) is 5.75 Å². The van der Waals surface area contributed by atoms with Crippen molar-refractivity contribution in [3.05, 3.63) is 59.1 Å². The van der Waals surface area contributed by atoms with Crippen LogP contribution in [-0.2, 0) is 14.3 Å². The van der Waals surface area contributed by atoms with Gasteiger partial charge in [-0.3, -0.25) is 9.59 Å². The van der Waals surface area contributed by atoms with Gasteiger partial charge in [0.2, 0.25) is 0 Å². The predicted octanol–water partition coefficient (Wildman–Crippen LogP) is 4.47. The summed E-state index contributed by atoms with van der Waals surface area (Å²) in [5.74, 6) is -0.171. The summed E-state index contributed by atoms with van der Waals surface area (Å²) in [4.78, 5) is 27.2. The maximum atomic E-state index is 12.9. The first kappa shape index (κ1) is 23.6. The third-order valence-electron chi connectivity index (χ3n) is 5.16. The molecular weight excluding hydrogens is 410 g/mol. The maximum Gasteiger partial charge on any atom is 0.295 e. The van der Waals surface area contributed by atoms with Crippen LogP contribution in [0.1, 0.15) is 50.6 Å². The Kier molecular flexibility index (Phi) is 7.40. The third kappa shape index (κ3) is 5.05. The number of aliphatic hydroxyl groups is 1. The minimum Gasteiger partial charge on any atom is -0.507 e. The number of likely N-dealkylation sites (tertiary alicyclic amines) is 1. The van der Waals surface area contributed by atoms with Gasteiger partial charge in [0.1, 0.15) is 23.3 Å². The number of aliphatic hydroxyl groups excluding tert-OH is 1. The summed E-state index contributed by atoms with van der Waals surface area (Å²) in [6, 6.07) is 7.75. The molecule has 1 amide bonds. The lowest BCUT2D eigenvalue weighted by Gasteiger charge is -2.23. The van der Waals surface area contributed by atoms with Crippen LogP contribution < -0.4 is 4.74 Å². The molecule has 3 rings (SSSR count). The molecule has 172 valence electrons. The quantitative estimate of drug-likeness (QED) is 0.351. The van der Waals surface area contributed by atoms with E-state index >= 15 is 0 Å². The lowest BCUT2D eigenvalue weighted by atomic mass is 9.98. The number of Topliss-reactive ketones (excluding diaryl/α,β-unsaturated/α-hetero) is 1. The smallest absolute Gasteiger partial charge is 0.295 e. The summed E-state index contributed by atoms with van der Waals surface area (Å²) in [6.07, 6.45) is 1.47. The lowest BCUT2D eigenvalue weighted by molar-refractivity contribution is -0.140. The number of nitrogens with zero attached hydrogens (tertiary/aromatic N) is 1. The Morgan fingerprint density at radius 2 is 1.94 bits per heavy atom. The average molecular weight is 442 g/mol. The summed E-state index contributed by atoms with van der Waals surface area (Å²) < 4.78 is 16.9. The first-order valence-electron chi connectivity index (χ1n) is 10.9. The van der Waals surface area contributed by atoms with E-state index in [2.05, 4.69) is 13.8 Å². The zero-order chi connectivity index (χ0) is 23.4. The molecule has 7 heteroatoms. The second-order valence-corrected chi connectivity index (χ2v) is 8.61. The van der Waals surface area contributed by atoms with Crippen molar-refractivity contribution in [1.82, 2.24) is 4.90 Å². The zero-order valence-corrected chi connectivity index (χ0v) is 19.3. The minimum absolute atomic E-state index is 0.00439. The Balaban J connectivity index is 1.98. The van der Waals surface area contributed by atoms with E-state index in [4.69, 9.17) is 13.9 Å². The van der Waals surface area contributed by atoms with Crippen LogP contribution in [0.2, 0.25) is 0 Å². The lowest BCUT2D eigenvalue weighted by Crippen LogP contribution is -2.33. The second-order valence-electron chi connectivity index (χ2n) is 8.61. The van der Waals surface area contributed by atoms with Crippen LogP contribution in [0.5, 0.6) is 5.75 Å². The Labute approximate surface area is 188 Å². The van der Waals surface area contributed by atoms with E-state index in [1.54, 1.807) is 30.3 Å². The standard InChI is InChI=1S/C25H31NO6/c1-15(2)14-32-19-9-8-18(13-17(19)5)23(27)21-22(20-7-6-11-31-20)26(25(29)24(21)28)10-12-30-16(3)4/h6-9,11,13,15-16,22,27H,10,12,14H2,1-5H3/b23-21-. The number of benzene rings is 1. The summed E-state index contributed by atoms with van der Waals surface area (Å²) in [7, 11) is 0. The molecule has 1 fully saturated rings. The van der Waals surface area contributed by atoms with Crippen LogP contribution >= 0.6 is 0 Å². The molecule has 1 unspecified atom stereocenters. The van der Waals surface area contributed by atoms with Gasteiger partial charge in [-0.25, -0.2) is 0 Å². The van der Waals surface area contributed by atoms with Crippen molar-refractivity contribution in [2.75, 3.05) is 19.8 Å². The number of carbonyl (C=O) groups excluding carboxylic acids is 2. The molecule has 0 radical (unpaired) electrons. The fraction of sp³-hybridized carbons (Fsp3) is 0.440. The van der Waals surface area contributed by atoms with Crippen LogP contribution in [0.15, 0.2) is 46.6 Å². The van der Waals surface area contributed by atoms with E-state index in [9.17, 15) is 14.7 Å². The highest BCUT2D eigenvalue weighted by molar-refractivity contribution is 6.46. The first-order valence-corrected chi connectivity index (χ1v) is 10.9. The fourth-order valence-electron chi connectivity index (χ4n) is 3.61. The molecule has 1 atom stereocenters. The number of hydrogen-bond donors (Lipinski definition) is 1. The molecule has 0 spiro atoms. The van der Waals surface area contributed by atoms with Crippen molar-refractivity contribution in [1.29, 1.82) is 0 Å². The van der Waals surface area contributed by atoms with E-state index in [-0.39, 0.29) is 30.6 Å². The van der Waals surface area contributed by atoms with Crippen molar-refractivity contribution in [2.45, 2.75) is 46.8 Å². The highest BCUT2D eigenvalue weighted by Crippen LogP contribution is 2.39. The molecule has 32 heavy (non-hydrogen) atoms. The van der Waals surface area contributed by atoms with Crippen molar-refractivity contribution in [3.63, 3.8) is 0 Å². The van der Waals surface area contributed by atoms with Gasteiger partial charge in [-0.15, -0.1) is 0 Å². The van der Waals surface area contributed by atoms with Gasteiger partial charge >= 0.3 is 0 Å². The number of amides is 1. The van der Waals surface area contributed by atoms with Crippen molar-refractivity contribution >= 4 is 17.4 Å². The second kappa shape index (κ2) is 10.0. The third-order valence-corrected chi connectivity index (χ3v) is 5.16. The van der Waals surface area contributed by atoms with Gasteiger partial charge in [-0.2, -0.15) is 0 Å². The van der Waals surface area contributed by atoms with Crippen LogP contribution in [0.25, 0.3) is 5.76 Å². The van der Waals surface area contributed by atoms with Crippen molar-refractivity contribution in [2.24, 2.45) is 5.92 Å². The Bertz CT molecular complexity index is 990. The Hall–Kier alpha value is -3.06. The summed E-state index contributed by atoms with van der Waals surface area (Å²) >= 11 is 0. The van der Waals surface area contributed by atoms with Crippen LogP contribution in [0.3, 0.4) is 0 Å². The fourth-order valence-corrected chi connectivity index (χ4v) is 3.61. The Morgan fingerprint density at radius 1 is 1.19 bits per heavy atom. The van der Waals surface area contributed by atoms with Crippen molar-refractivity contribution < 1.29 is 28.6 Å². The summed E-state index contributed by atoms with van der Waals surface area (Å²) in [5, 5.41) is 11.1. The molecule has 1 aliphatic rings. The number of ketones is 1. The van der Waals surface area contributed by atoms with Gasteiger partial charge < -0.3 is 23.9 Å². The van der Waals surface area contributed by atoms with Gasteiger partial charge in [-0.1, -0.05) is 13.8 Å². The van der Waals surface area contributed by atoms with Crippen LogP contribution in [-0.4, -0.2) is 47.6 Å². The van der Waals surface area contributed by atoms with E-state index in [1.165, 1.54) is 11.2 Å². The van der Waals surface area contributed by atoms with E-state index in [0.717, 1.165) is 5.56 Å². The van der Waals surface area contributed by atoms with Gasteiger partial charge in [0, 0.05) is 12.1 Å². The monoisotopic (exact) mass is 441 g/mol. The molecule has 1 aromatic heterocycles. The highest BCUT2D eigenvalue weighted by Gasteiger charge is 2.47. The molecule has 0 bridgehead atoms. The van der Waals surface area contributed by atoms with Gasteiger partial charge in [0.25, 0.3) is 11.7 Å². The van der Waals surface area contributed by atoms with E-state index in [1.807, 2.05) is 20.8 Å². The molecule has 0 aliphatic carbocycles. The van der Waals surface area contributed by atoms with Gasteiger partial charge in [0.15, 0.2) is 0 Å². The number of carbonyl (C=O) groups is 2. The molecule has 7 nitrogen and oxygen atoms in total. The average Bonchev–Trinajstić information content (AvgIpc) is 3.34. The Morgan fingerprint density at radius 3 is 2.53 bits per heavy atom. The zero-order valence-electron chi connectivity index (χ0n) is 19.3.